The molecule has 0 saturated heterocycles. The van der Waals surface area contributed by atoms with E-state index in [1.165, 1.54) is 18.2 Å². The number of halogens is 1. The molecule has 1 amide bonds. The molecule has 2 saturated carbocycles. The molecule has 6 heteroatoms. The molecule has 0 unspecified atom stereocenters. The third kappa shape index (κ3) is 2.77. The van der Waals surface area contributed by atoms with E-state index in [2.05, 4.69) is 0 Å². The molecular weight excluding hydrogens is 280 g/mol. The highest BCUT2D eigenvalue weighted by Gasteiger charge is 2.38. The third-order valence-electron chi connectivity index (χ3n) is 3.79. The van der Waals surface area contributed by atoms with E-state index in [9.17, 15) is 14.9 Å². The van der Waals surface area contributed by atoms with Gasteiger partial charge in [0.15, 0.2) is 0 Å². The van der Waals surface area contributed by atoms with E-state index in [4.69, 9.17) is 11.6 Å². The minimum absolute atomic E-state index is 0.107. The summed E-state index contributed by atoms with van der Waals surface area (Å²) in [4.78, 5) is 25.0. The first-order valence-corrected chi connectivity index (χ1v) is 7.19. The molecule has 1 aromatic rings. The van der Waals surface area contributed by atoms with Gasteiger partial charge in [0, 0.05) is 23.7 Å². The summed E-state index contributed by atoms with van der Waals surface area (Å²) >= 11 is 5.89. The van der Waals surface area contributed by atoms with E-state index >= 15 is 0 Å². The average Bonchev–Trinajstić information content (AvgIpc) is 3.26. The first kappa shape index (κ1) is 13.4. The summed E-state index contributed by atoms with van der Waals surface area (Å²) in [5.74, 6) is 0.311. The fourth-order valence-corrected chi connectivity index (χ4v) is 2.53. The first-order chi connectivity index (χ1) is 9.56. The highest BCUT2D eigenvalue weighted by Crippen LogP contribution is 2.36. The highest BCUT2D eigenvalue weighted by molar-refractivity contribution is 6.31. The molecule has 0 spiro atoms. The fourth-order valence-electron chi connectivity index (χ4n) is 2.36. The van der Waals surface area contributed by atoms with Crippen LogP contribution in [0.15, 0.2) is 18.2 Å². The van der Waals surface area contributed by atoms with Crippen molar-refractivity contribution in [2.75, 3.05) is 6.54 Å². The summed E-state index contributed by atoms with van der Waals surface area (Å²) in [6.45, 7) is 0.715. The summed E-state index contributed by atoms with van der Waals surface area (Å²) in [6.07, 6.45) is 4.28. The van der Waals surface area contributed by atoms with Crippen molar-refractivity contribution in [3.05, 3.63) is 38.9 Å². The molecule has 0 aromatic heterocycles. The lowest BCUT2D eigenvalue weighted by Gasteiger charge is -2.22. The lowest BCUT2D eigenvalue weighted by atomic mass is 10.1. The predicted molar refractivity (Wildman–Crippen MR) is 74.9 cm³/mol. The lowest BCUT2D eigenvalue weighted by molar-refractivity contribution is -0.385. The van der Waals surface area contributed by atoms with Gasteiger partial charge in [-0.15, -0.1) is 0 Å². The number of nitrogens with zero attached hydrogens (tertiary/aromatic N) is 2. The topological polar surface area (TPSA) is 63.4 Å². The Labute approximate surface area is 121 Å². The number of amides is 1. The highest BCUT2D eigenvalue weighted by atomic mass is 35.5. The second-order valence-corrected chi connectivity index (χ2v) is 5.99. The zero-order valence-corrected chi connectivity index (χ0v) is 11.7. The van der Waals surface area contributed by atoms with Crippen molar-refractivity contribution in [2.45, 2.75) is 31.7 Å². The Morgan fingerprint density at radius 3 is 2.60 bits per heavy atom. The number of benzene rings is 1. The van der Waals surface area contributed by atoms with Crippen molar-refractivity contribution < 1.29 is 9.72 Å². The molecule has 0 aliphatic heterocycles. The van der Waals surface area contributed by atoms with Crippen molar-refractivity contribution in [3.63, 3.8) is 0 Å². The van der Waals surface area contributed by atoms with Crippen LogP contribution >= 0.6 is 11.6 Å². The SMILES string of the molecule is O=C(c1cc(Cl)ccc1[N+](=O)[O-])N(CC1CC1)C1CC1. The van der Waals surface area contributed by atoms with Gasteiger partial charge in [-0.05, 0) is 43.7 Å². The van der Waals surface area contributed by atoms with Crippen molar-refractivity contribution >= 4 is 23.2 Å². The van der Waals surface area contributed by atoms with Crippen molar-refractivity contribution in [1.82, 2.24) is 4.90 Å². The second kappa shape index (κ2) is 5.05. The summed E-state index contributed by atoms with van der Waals surface area (Å²) in [5, 5.41) is 11.4. The first-order valence-electron chi connectivity index (χ1n) is 6.81. The van der Waals surface area contributed by atoms with Crippen LogP contribution in [-0.4, -0.2) is 28.3 Å². The number of hydrogen-bond acceptors (Lipinski definition) is 3. The second-order valence-electron chi connectivity index (χ2n) is 5.55. The van der Waals surface area contributed by atoms with Crippen LogP contribution in [0.2, 0.25) is 5.02 Å². The number of carbonyl (C=O) groups excluding carboxylic acids is 1. The van der Waals surface area contributed by atoms with Gasteiger partial charge in [-0.2, -0.15) is 0 Å². The van der Waals surface area contributed by atoms with Gasteiger partial charge in [-0.1, -0.05) is 11.6 Å². The monoisotopic (exact) mass is 294 g/mol. The average molecular weight is 295 g/mol. The Morgan fingerprint density at radius 2 is 2.05 bits per heavy atom. The Bertz CT molecular complexity index is 568. The molecule has 2 aliphatic rings. The van der Waals surface area contributed by atoms with Gasteiger partial charge >= 0.3 is 0 Å². The minimum Gasteiger partial charge on any atom is -0.335 e. The lowest BCUT2D eigenvalue weighted by Crippen LogP contribution is -2.35. The standard InChI is InChI=1S/C14H15ClN2O3/c15-10-3-6-13(17(19)20)12(7-10)14(18)16(11-4-5-11)8-9-1-2-9/h3,6-7,9,11H,1-2,4-5,8H2. The Balaban J connectivity index is 1.90. The maximum atomic E-state index is 12.6. The zero-order valence-electron chi connectivity index (χ0n) is 10.9. The van der Waals surface area contributed by atoms with Crippen LogP contribution in [0, 0.1) is 16.0 Å². The fraction of sp³-hybridized carbons (Fsp3) is 0.500. The van der Waals surface area contributed by atoms with E-state index in [-0.39, 0.29) is 23.2 Å². The minimum atomic E-state index is -0.522. The number of hydrogen-bond donors (Lipinski definition) is 0. The van der Waals surface area contributed by atoms with Crippen molar-refractivity contribution in [1.29, 1.82) is 0 Å². The quantitative estimate of drug-likeness (QED) is 0.618. The smallest absolute Gasteiger partial charge is 0.282 e. The molecule has 20 heavy (non-hydrogen) atoms. The molecular formula is C14H15ClN2O3. The molecule has 2 aliphatic carbocycles. The van der Waals surface area contributed by atoms with Crippen LogP contribution in [0.4, 0.5) is 5.69 Å². The van der Waals surface area contributed by atoms with Gasteiger partial charge in [0.1, 0.15) is 5.56 Å². The largest absolute Gasteiger partial charge is 0.335 e. The predicted octanol–water partition coefficient (Wildman–Crippen LogP) is 3.26. The van der Waals surface area contributed by atoms with E-state index < -0.39 is 4.92 Å². The number of carbonyl (C=O) groups is 1. The summed E-state index contributed by atoms with van der Waals surface area (Å²) in [5.41, 5.74) is -0.0594. The summed E-state index contributed by atoms with van der Waals surface area (Å²) < 4.78 is 0. The Kier molecular flexibility index (Phi) is 3.38. The molecule has 5 nitrogen and oxygen atoms in total. The molecule has 0 radical (unpaired) electrons. The molecule has 2 fully saturated rings. The molecule has 106 valence electrons. The van der Waals surface area contributed by atoms with Crippen LogP contribution in [-0.2, 0) is 0 Å². The van der Waals surface area contributed by atoms with Gasteiger partial charge in [0.2, 0.25) is 0 Å². The van der Waals surface area contributed by atoms with E-state index in [0.717, 1.165) is 25.7 Å². The molecule has 3 rings (SSSR count). The van der Waals surface area contributed by atoms with Crippen LogP contribution in [0.3, 0.4) is 0 Å². The van der Waals surface area contributed by atoms with Crippen LogP contribution in [0.1, 0.15) is 36.0 Å². The molecule has 0 N–H and O–H groups in total. The molecule has 1 aromatic carbocycles. The van der Waals surface area contributed by atoms with Crippen molar-refractivity contribution in [3.8, 4) is 0 Å². The number of nitro benzene ring substituents is 1. The molecule has 0 atom stereocenters. The molecule has 0 bridgehead atoms. The van der Waals surface area contributed by atoms with Gasteiger partial charge in [-0.25, -0.2) is 0 Å². The number of rotatable bonds is 5. The van der Waals surface area contributed by atoms with Gasteiger partial charge in [0.25, 0.3) is 11.6 Å². The van der Waals surface area contributed by atoms with Crippen molar-refractivity contribution in [2.24, 2.45) is 5.92 Å². The Hall–Kier alpha value is -1.62. The zero-order chi connectivity index (χ0) is 14.3. The van der Waals surface area contributed by atoms with Gasteiger partial charge < -0.3 is 4.90 Å². The summed E-state index contributed by atoms with van der Waals surface area (Å²) in [7, 11) is 0. The Morgan fingerprint density at radius 1 is 1.35 bits per heavy atom. The summed E-state index contributed by atoms with van der Waals surface area (Å²) in [6, 6.07) is 4.41. The van der Waals surface area contributed by atoms with E-state index in [1.807, 2.05) is 0 Å². The molecule has 0 heterocycles. The maximum Gasteiger partial charge on any atom is 0.282 e. The van der Waals surface area contributed by atoms with Crippen LogP contribution < -0.4 is 0 Å². The third-order valence-corrected chi connectivity index (χ3v) is 4.02. The van der Waals surface area contributed by atoms with E-state index in [1.54, 1.807) is 4.90 Å². The maximum absolute atomic E-state index is 12.6. The number of nitro groups is 1. The normalized spacial score (nSPS) is 17.9. The van der Waals surface area contributed by atoms with Gasteiger partial charge in [0.05, 0.1) is 4.92 Å². The van der Waals surface area contributed by atoms with Crippen LogP contribution in [0.5, 0.6) is 0 Å². The van der Waals surface area contributed by atoms with E-state index in [0.29, 0.717) is 17.5 Å². The van der Waals surface area contributed by atoms with Crippen LogP contribution in [0.25, 0.3) is 0 Å². The van der Waals surface area contributed by atoms with Gasteiger partial charge in [-0.3, -0.25) is 14.9 Å².